The van der Waals surface area contributed by atoms with Crippen molar-refractivity contribution in [1.29, 1.82) is 0 Å². The molecule has 1 saturated carbocycles. The first-order chi connectivity index (χ1) is 8.72. The molecule has 4 nitrogen and oxygen atoms in total. The van der Waals surface area contributed by atoms with Crippen molar-refractivity contribution < 1.29 is 9.90 Å². The lowest BCUT2D eigenvalue weighted by molar-refractivity contribution is 0.0690. The van der Waals surface area contributed by atoms with Crippen LogP contribution in [0.3, 0.4) is 0 Å². The van der Waals surface area contributed by atoms with Crippen molar-refractivity contribution in [3.8, 4) is 0 Å². The summed E-state index contributed by atoms with van der Waals surface area (Å²) in [5.74, 6) is -0.166. The lowest BCUT2D eigenvalue weighted by Gasteiger charge is -2.34. The maximum atomic E-state index is 11.0. The van der Waals surface area contributed by atoms with Gasteiger partial charge in [-0.3, -0.25) is 0 Å². The van der Waals surface area contributed by atoms with Gasteiger partial charge in [0.25, 0.3) is 0 Å². The van der Waals surface area contributed by atoms with Crippen LogP contribution in [-0.4, -0.2) is 28.6 Å². The number of carboxylic acid groups (broad SMARTS) is 1. The van der Waals surface area contributed by atoms with Crippen molar-refractivity contribution >= 4 is 11.8 Å². The van der Waals surface area contributed by atoms with Gasteiger partial charge in [-0.2, -0.15) is 0 Å². The summed E-state index contributed by atoms with van der Waals surface area (Å²) < 4.78 is 0. The molecule has 1 aromatic heterocycles. The van der Waals surface area contributed by atoms with Crippen molar-refractivity contribution in [3.05, 3.63) is 23.9 Å². The number of aromatic nitrogens is 1. The molecule has 1 fully saturated rings. The molecule has 98 valence electrons. The lowest BCUT2D eigenvalue weighted by atomic mass is 9.94. The Hall–Kier alpha value is -1.58. The number of aromatic carboxylic acids is 1. The zero-order chi connectivity index (χ0) is 13.0. The highest BCUT2D eigenvalue weighted by Crippen LogP contribution is 2.26. The molecule has 0 radical (unpaired) electrons. The molecule has 1 N–H and O–H groups in total. The molecular formula is C14H20N2O2. The molecule has 0 aliphatic heterocycles. The fraction of sp³-hybridized carbons (Fsp3) is 0.571. The number of anilines is 1. The molecule has 1 aliphatic carbocycles. The summed E-state index contributed by atoms with van der Waals surface area (Å²) in [6.45, 7) is 2.98. The molecular weight excluding hydrogens is 228 g/mol. The van der Waals surface area contributed by atoms with Gasteiger partial charge in [-0.25, -0.2) is 9.78 Å². The minimum atomic E-state index is -0.962. The number of nitrogens with zero attached hydrogens (tertiary/aromatic N) is 2. The van der Waals surface area contributed by atoms with E-state index in [1.807, 2.05) is 6.07 Å². The summed E-state index contributed by atoms with van der Waals surface area (Å²) in [4.78, 5) is 17.4. The first-order valence-electron chi connectivity index (χ1n) is 6.69. The number of carbonyl (C=O) groups is 1. The van der Waals surface area contributed by atoms with Crippen LogP contribution in [0.1, 0.15) is 49.5 Å². The van der Waals surface area contributed by atoms with Crippen LogP contribution in [-0.2, 0) is 0 Å². The normalized spacial score (nSPS) is 16.5. The summed E-state index contributed by atoms with van der Waals surface area (Å²) in [5, 5.41) is 8.99. The first kappa shape index (κ1) is 12.9. The molecule has 0 spiro atoms. The van der Waals surface area contributed by atoms with Crippen molar-refractivity contribution in [2.75, 3.05) is 11.4 Å². The molecule has 4 heteroatoms. The van der Waals surface area contributed by atoms with Crippen LogP contribution in [0.25, 0.3) is 0 Å². The average Bonchev–Trinajstić information content (AvgIpc) is 2.41. The van der Waals surface area contributed by atoms with Crippen molar-refractivity contribution in [3.63, 3.8) is 0 Å². The SMILES string of the molecule is CCN(c1cccc(C(=O)O)n1)C1CCCCC1. The topological polar surface area (TPSA) is 53.4 Å². The maximum absolute atomic E-state index is 11.0. The van der Waals surface area contributed by atoms with Crippen LogP contribution >= 0.6 is 0 Å². The minimum absolute atomic E-state index is 0.127. The molecule has 0 atom stereocenters. The van der Waals surface area contributed by atoms with E-state index in [2.05, 4.69) is 16.8 Å². The molecule has 2 rings (SSSR count). The summed E-state index contributed by atoms with van der Waals surface area (Å²) in [7, 11) is 0. The second-order valence-corrected chi connectivity index (χ2v) is 4.76. The van der Waals surface area contributed by atoms with Crippen LogP contribution in [0.5, 0.6) is 0 Å². The zero-order valence-electron chi connectivity index (χ0n) is 10.8. The summed E-state index contributed by atoms with van der Waals surface area (Å²) in [5.41, 5.74) is 0.127. The third kappa shape index (κ3) is 2.81. The number of rotatable bonds is 4. The molecule has 1 aromatic rings. The van der Waals surface area contributed by atoms with E-state index in [9.17, 15) is 4.79 Å². The second kappa shape index (κ2) is 5.85. The molecule has 18 heavy (non-hydrogen) atoms. The van der Waals surface area contributed by atoms with Crippen LogP contribution in [0.15, 0.2) is 18.2 Å². The number of hydrogen-bond acceptors (Lipinski definition) is 3. The average molecular weight is 248 g/mol. The highest BCUT2D eigenvalue weighted by molar-refractivity contribution is 5.85. The van der Waals surface area contributed by atoms with E-state index in [4.69, 9.17) is 5.11 Å². The predicted molar refractivity (Wildman–Crippen MR) is 71.1 cm³/mol. The highest BCUT2D eigenvalue weighted by Gasteiger charge is 2.21. The molecule has 0 saturated heterocycles. The fourth-order valence-corrected chi connectivity index (χ4v) is 2.70. The van der Waals surface area contributed by atoms with Gasteiger partial charge in [-0.05, 0) is 31.9 Å². The third-order valence-corrected chi connectivity index (χ3v) is 3.60. The molecule has 0 unspecified atom stereocenters. The maximum Gasteiger partial charge on any atom is 0.354 e. The van der Waals surface area contributed by atoms with Gasteiger partial charge >= 0.3 is 5.97 Å². The van der Waals surface area contributed by atoms with Crippen molar-refractivity contribution in [2.24, 2.45) is 0 Å². The van der Waals surface area contributed by atoms with Crippen LogP contribution in [0.4, 0.5) is 5.82 Å². The van der Waals surface area contributed by atoms with E-state index in [0.29, 0.717) is 6.04 Å². The van der Waals surface area contributed by atoms with E-state index in [1.165, 1.54) is 32.1 Å². The van der Waals surface area contributed by atoms with E-state index >= 15 is 0 Å². The Balaban J connectivity index is 2.20. The smallest absolute Gasteiger partial charge is 0.354 e. The molecule has 0 bridgehead atoms. The Bertz CT molecular complexity index is 414. The Labute approximate surface area is 108 Å². The second-order valence-electron chi connectivity index (χ2n) is 4.76. The first-order valence-corrected chi connectivity index (χ1v) is 6.69. The standard InChI is InChI=1S/C14H20N2O2/c1-2-16(11-7-4-3-5-8-11)13-10-6-9-12(15-13)14(17)18/h6,9-11H,2-5,7-8H2,1H3,(H,17,18). The summed E-state index contributed by atoms with van der Waals surface area (Å²) in [6.07, 6.45) is 6.22. The third-order valence-electron chi connectivity index (χ3n) is 3.60. The van der Waals surface area contributed by atoms with Crippen LogP contribution in [0, 0.1) is 0 Å². The fourth-order valence-electron chi connectivity index (χ4n) is 2.70. The number of hydrogen-bond donors (Lipinski definition) is 1. The Morgan fingerprint density at radius 2 is 2.11 bits per heavy atom. The number of pyridine rings is 1. The summed E-state index contributed by atoms with van der Waals surface area (Å²) in [6, 6.07) is 5.74. The van der Waals surface area contributed by atoms with Crippen LogP contribution in [0.2, 0.25) is 0 Å². The van der Waals surface area contributed by atoms with Crippen molar-refractivity contribution in [1.82, 2.24) is 4.98 Å². The number of carboxylic acids is 1. The van der Waals surface area contributed by atoms with E-state index < -0.39 is 5.97 Å². The Morgan fingerprint density at radius 1 is 1.39 bits per heavy atom. The monoisotopic (exact) mass is 248 g/mol. The summed E-state index contributed by atoms with van der Waals surface area (Å²) >= 11 is 0. The zero-order valence-corrected chi connectivity index (χ0v) is 10.8. The van der Waals surface area contributed by atoms with Crippen molar-refractivity contribution in [2.45, 2.75) is 45.1 Å². The minimum Gasteiger partial charge on any atom is -0.477 e. The molecule has 0 amide bonds. The quantitative estimate of drug-likeness (QED) is 0.890. The molecule has 1 heterocycles. The van der Waals surface area contributed by atoms with E-state index in [0.717, 1.165) is 12.4 Å². The lowest BCUT2D eigenvalue weighted by Crippen LogP contribution is -2.37. The van der Waals surface area contributed by atoms with Gasteiger partial charge in [0.15, 0.2) is 5.69 Å². The van der Waals surface area contributed by atoms with Gasteiger partial charge in [0.2, 0.25) is 0 Å². The van der Waals surface area contributed by atoms with Gasteiger partial charge in [0.05, 0.1) is 0 Å². The van der Waals surface area contributed by atoms with Gasteiger partial charge in [0.1, 0.15) is 5.82 Å². The van der Waals surface area contributed by atoms with Gasteiger partial charge in [-0.15, -0.1) is 0 Å². The molecule has 1 aliphatic rings. The van der Waals surface area contributed by atoms with Gasteiger partial charge < -0.3 is 10.0 Å². The highest BCUT2D eigenvalue weighted by atomic mass is 16.4. The van der Waals surface area contributed by atoms with Gasteiger partial charge in [-0.1, -0.05) is 25.3 Å². The Morgan fingerprint density at radius 3 is 2.72 bits per heavy atom. The Kier molecular flexibility index (Phi) is 4.18. The van der Waals surface area contributed by atoms with Gasteiger partial charge in [0, 0.05) is 12.6 Å². The van der Waals surface area contributed by atoms with E-state index in [-0.39, 0.29) is 5.69 Å². The van der Waals surface area contributed by atoms with Crippen LogP contribution < -0.4 is 4.90 Å². The molecule has 0 aromatic carbocycles. The largest absolute Gasteiger partial charge is 0.477 e. The van der Waals surface area contributed by atoms with E-state index in [1.54, 1.807) is 12.1 Å². The predicted octanol–water partition coefficient (Wildman–Crippen LogP) is 2.94.